The normalized spacial score (nSPS) is 13.0. The Morgan fingerprint density at radius 3 is 1.15 bits per heavy atom. The van der Waals surface area contributed by atoms with Crippen LogP contribution in [0.2, 0.25) is 0 Å². The van der Waals surface area contributed by atoms with Crippen molar-refractivity contribution in [1.29, 1.82) is 0 Å². The van der Waals surface area contributed by atoms with Crippen LogP contribution in [0.1, 0.15) is 200 Å². The summed E-state index contributed by atoms with van der Waals surface area (Å²) in [5.74, 6) is -0.0545. The molecule has 4 heteroatoms. The van der Waals surface area contributed by atoms with Crippen molar-refractivity contribution in [1.82, 2.24) is 5.32 Å². The van der Waals surface area contributed by atoms with E-state index < -0.39 is 12.1 Å². The fourth-order valence-corrected chi connectivity index (χ4v) is 5.59. The molecule has 0 aliphatic rings. The van der Waals surface area contributed by atoms with E-state index in [9.17, 15) is 15.0 Å². The lowest BCUT2D eigenvalue weighted by atomic mass is 10.0. The molecule has 0 radical (unpaired) electrons. The molecular weight excluding hydrogens is 482 g/mol. The fourth-order valence-electron chi connectivity index (χ4n) is 5.59. The highest BCUT2D eigenvalue weighted by Gasteiger charge is 2.19. The van der Waals surface area contributed by atoms with E-state index in [-0.39, 0.29) is 12.5 Å². The van der Waals surface area contributed by atoms with E-state index in [0.717, 1.165) is 32.1 Å². The summed E-state index contributed by atoms with van der Waals surface area (Å²) in [6.45, 7) is 4.21. The van der Waals surface area contributed by atoms with Gasteiger partial charge in [0.15, 0.2) is 0 Å². The summed E-state index contributed by atoms with van der Waals surface area (Å²) in [4.78, 5) is 11.9. The minimum atomic E-state index is -0.648. The number of carbonyl (C=O) groups is 1. The average molecular weight is 554 g/mol. The number of amides is 1. The molecular formula is C35H71NO3. The fraction of sp³-hybridized carbons (Fsp3) is 0.971. The van der Waals surface area contributed by atoms with Crippen LogP contribution in [0.4, 0.5) is 0 Å². The Balaban J connectivity index is 3.32. The maximum absolute atomic E-state index is 11.9. The summed E-state index contributed by atoms with van der Waals surface area (Å²) in [5, 5.41) is 22.7. The zero-order valence-electron chi connectivity index (χ0n) is 26.7. The average Bonchev–Trinajstić information content (AvgIpc) is 2.94. The number of rotatable bonds is 32. The van der Waals surface area contributed by atoms with Gasteiger partial charge in [-0.05, 0) is 12.8 Å². The van der Waals surface area contributed by atoms with Gasteiger partial charge < -0.3 is 15.5 Å². The van der Waals surface area contributed by atoms with Crippen LogP contribution in [0.15, 0.2) is 0 Å². The number of nitrogens with one attached hydrogen (secondary N) is 1. The van der Waals surface area contributed by atoms with Gasteiger partial charge in [0.25, 0.3) is 0 Å². The number of aliphatic hydroxyl groups is 2. The summed E-state index contributed by atoms with van der Waals surface area (Å²) in [5.41, 5.74) is 0. The third kappa shape index (κ3) is 28.7. The maximum atomic E-state index is 11.9. The molecule has 0 spiro atoms. The standard InChI is InChI=1S/C35H71NO3/c1-3-5-7-8-9-10-11-12-13-14-15-16-17-18-19-20-21-22-23-24-25-26-27-29-30-34(38)33(32-37)36-35(39)31-28-6-4-2/h33-34,37-38H,3-32H2,1-2H3,(H,36,39). The maximum Gasteiger partial charge on any atom is 0.220 e. The summed E-state index contributed by atoms with van der Waals surface area (Å²) in [7, 11) is 0. The summed E-state index contributed by atoms with van der Waals surface area (Å²) in [6.07, 6.45) is 36.6. The first-order valence-corrected chi connectivity index (χ1v) is 17.7. The molecule has 39 heavy (non-hydrogen) atoms. The van der Waals surface area contributed by atoms with Crippen LogP contribution in [-0.2, 0) is 4.79 Å². The van der Waals surface area contributed by atoms with E-state index in [0.29, 0.717) is 12.8 Å². The second-order valence-corrected chi connectivity index (χ2v) is 12.3. The molecule has 4 nitrogen and oxygen atoms in total. The summed E-state index contributed by atoms with van der Waals surface area (Å²) in [6, 6.07) is -0.524. The zero-order chi connectivity index (χ0) is 28.7. The molecule has 0 saturated heterocycles. The molecule has 0 fully saturated rings. The van der Waals surface area contributed by atoms with Gasteiger partial charge in [-0.3, -0.25) is 4.79 Å². The van der Waals surface area contributed by atoms with Crippen LogP contribution >= 0.6 is 0 Å². The molecule has 0 heterocycles. The van der Waals surface area contributed by atoms with Crippen molar-refractivity contribution in [2.75, 3.05) is 6.61 Å². The van der Waals surface area contributed by atoms with Crippen LogP contribution in [0.5, 0.6) is 0 Å². The Morgan fingerprint density at radius 2 is 0.821 bits per heavy atom. The molecule has 0 saturated carbocycles. The van der Waals surface area contributed by atoms with Crippen LogP contribution in [0.3, 0.4) is 0 Å². The van der Waals surface area contributed by atoms with Crippen molar-refractivity contribution < 1.29 is 15.0 Å². The van der Waals surface area contributed by atoms with Crippen molar-refractivity contribution in [2.24, 2.45) is 0 Å². The smallest absolute Gasteiger partial charge is 0.220 e. The van der Waals surface area contributed by atoms with Gasteiger partial charge in [0, 0.05) is 6.42 Å². The predicted molar refractivity (Wildman–Crippen MR) is 170 cm³/mol. The Bertz CT molecular complexity index is 485. The van der Waals surface area contributed by atoms with Crippen molar-refractivity contribution in [2.45, 2.75) is 212 Å². The van der Waals surface area contributed by atoms with Crippen LogP contribution < -0.4 is 5.32 Å². The van der Waals surface area contributed by atoms with Gasteiger partial charge in [0.2, 0.25) is 5.91 Å². The van der Waals surface area contributed by atoms with E-state index in [2.05, 4.69) is 19.2 Å². The Labute approximate surface area is 244 Å². The van der Waals surface area contributed by atoms with Crippen molar-refractivity contribution in [3.05, 3.63) is 0 Å². The zero-order valence-corrected chi connectivity index (χ0v) is 26.7. The topological polar surface area (TPSA) is 69.6 Å². The summed E-state index contributed by atoms with van der Waals surface area (Å²) < 4.78 is 0. The SMILES string of the molecule is CCCCCCCCCCCCCCCCCCCCCCCCCCC(O)C(CO)NC(=O)CCCCC. The first-order chi connectivity index (χ1) is 19.2. The summed E-state index contributed by atoms with van der Waals surface area (Å²) >= 11 is 0. The van der Waals surface area contributed by atoms with Crippen molar-refractivity contribution in [3.63, 3.8) is 0 Å². The second-order valence-electron chi connectivity index (χ2n) is 12.3. The molecule has 2 atom stereocenters. The Hall–Kier alpha value is -0.610. The van der Waals surface area contributed by atoms with Gasteiger partial charge in [-0.15, -0.1) is 0 Å². The van der Waals surface area contributed by atoms with Crippen LogP contribution in [0, 0.1) is 0 Å². The monoisotopic (exact) mass is 554 g/mol. The Morgan fingerprint density at radius 1 is 0.513 bits per heavy atom. The van der Waals surface area contributed by atoms with Crippen LogP contribution in [-0.4, -0.2) is 34.9 Å². The molecule has 234 valence electrons. The molecule has 0 aliphatic heterocycles. The third-order valence-corrected chi connectivity index (χ3v) is 8.37. The van der Waals surface area contributed by atoms with Gasteiger partial charge in [0.05, 0.1) is 18.8 Å². The van der Waals surface area contributed by atoms with Gasteiger partial charge in [-0.25, -0.2) is 0 Å². The van der Waals surface area contributed by atoms with E-state index in [4.69, 9.17) is 0 Å². The molecule has 1 amide bonds. The first kappa shape index (κ1) is 38.4. The van der Waals surface area contributed by atoms with Crippen LogP contribution in [0.25, 0.3) is 0 Å². The molecule has 0 rings (SSSR count). The van der Waals surface area contributed by atoms with Crippen molar-refractivity contribution in [3.8, 4) is 0 Å². The highest BCUT2D eigenvalue weighted by molar-refractivity contribution is 5.76. The van der Waals surface area contributed by atoms with E-state index in [1.165, 1.54) is 141 Å². The van der Waals surface area contributed by atoms with Gasteiger partial charge in [-0.2, -0.15) is 0 Å². The molecule has 0 aromatic carbocycles. The second kappa shape index (κ2) is 31.9. The Kier molecular flexibility index (Phi) is 31.4. The van der Waals surface area contributed by atoms with Gasteiger partial charge in [-0.1, -0.05) is 181 Å². The predicted octanol–water partition coefficient (Wildman–Crippen LogP) is 10.2. The van der Waals surface area contributed by atoms with E-state index in [1.54, 1.807) is 0 Å². The number of aliphatic hydroxyl groups excluding tert-OH is 2. The largest absolute Gasteiger partial charge is 0.394 e. The number of carbonyl (C=O) groups excluding carboxylic acids is 1. The van der Waals surface area contributed by atoms with E-state index in [1.807, 2.05) is 0 Å². The number of unbranched alkanes of at least 4 members (excludes halogenated alkanes) is 25. The highest BCUT2D eigenvalue weighted by atomic mass is 16.3. The molecule has 0 aromatic rings. The highest BCUT2D eigenvalue weighted by Crippen LogP contribution is 2.16. The van der Waals surface area contributed by atoms with Crippen molar-refractivity contribution >= 4 is 5.91 Å². The molecule has 0 aromatic heterocycles. The lowest BCUT2D eigenvalue weighted by Gasteiger charge is -2.22. The molecule has 3 N–H and O–H groups in total. The minimum absolute atomic E-state index is 0.0545. The number of hydrogen-bond donors (Lipinski definition) is 3. The lowest BCUT2D eigenvalue weighted by molar-refractivity contribution is -0.123. The van der Waals surface area contributed by atoms with Gasteiger partial charge in [0.1, 0.15) is 0 Å². The molecule has 0 bridgehead atoms. The lowest BCUT2D eigenvalue weighted by Crippen LogP contribution is -2.45. The quantitative estimate of drug-likeness (QED) is 0.0726. The van der Waals surface area contributed by atoms with Gasteiger partial charge >= 0.3 is 0 Å². The van der Waals surface area contributed by atoms with E-state index >= 15 is 0 Å². The minimum Gasteiger partial charge on any atom is -0.394 e. The third-order valence-electron chi connectivity index (χ3n) is 8.37. The molecule has 0 aliphatic carbocycles. The number of hydrogen-bond acceptors (Lipinski definition) is 3. The first-order valence-electron chi connectivity index (χ1n) is 17.7. The molecule has 2 unspecified atom stereocenters.